The third-order valence-electron chi connectivity index (χ3n) is 5.18. The molecule has 0 saturated carbocycles. The fourth-order valence-corrected chi connectivity index (χ4v) is 3.96. The van der Waals surface area contributed by atoms with Crippen molar-refractivity contribution in [2.45, 2.75) is 13.8 Å². The van der Waals surface area contributed by atoms with Crippen LogP contribution in [0.25, 0.3) is 16.9 Å². The summed E-state index contributed by atoms with van der Waals surface area (Å²) in [6.45, 7) is 3.90. The quantitative estimate of drug-likeness (QED) is 0.260. The Bertz CT molecular complexity index is 1390. The summed E-state index contributed by atoms with van der Waals surface area (Å²) < 4.78 is 9.04. The molecule has 2 heterocycles. The van der Waals surface area contributed by atoms with Gasteiger partial charge in [0.1, 0.15) is 11.5 Å². The van der Waals surface area contributed by atoms with Crippen LogP contribution in [0.1, 0.15) is 11.4 Å². The molecule has 0 aliphatic rings. The summed E-state index contributed by atoms with van der Waals surface area (Å²) in [7, 11) is 0. The number of hydrogen-bond acceptors (Lipinski definition) is 5. The van der Waals surface area contributed by atoms with Crippen LogP contribution in [0.3, 0.4) is 0 Å². The molecule has 0 bridgehead atoms. The summed E-state index contributed by atoms with van der Waals surface area (Å²) in [6, 6.07) is 27.7. The predicted octanol–water partition coefficient (Wildman–Crippen LogP) is 7.24. The van der Waals surface area contributed by atoms with Gasteiger partial charge < -0.3 is 4.74 Å². The average Bonchev–Trinajstić information content (AvgIpc) is 3.23. The Hall–Kier alpha value is -3.97. The Morgan fingerprint density at radius 1 is 0.794 bits per heavy atom. The maximum Gasteiger partial charge on any atom is 0.229 e. The number of imidazole rings is 1. The number of ether oxygens (including phenoxy) is 1. The molecule has 0 fully saturated rings. The molecule has 5 aromatic rings. The lowest BCUT2D eigenvalue weighted by molar-refractivity contribution is 0.482. The second-order valence-electron chi connectivity index (χ2n) is 7.82. The fraction of sp³-hybridized carbons (Fsp3) is 0.0741. The van der Waals surface area contributed by atoms with Crippen LogP contribution in [-0.4, -0.2) is 19.5 Å². The van der Waals surface area contributed by atoms with Crippen LogP contribution in [0.15, 0.2) is 95.6 Å². The van der Waals surface area contributed by atoms with Gasteiger partial charge in [0.05, 0.1) is 11.9 Å². The van der Waals surface area contributed by atoms with Crippen LogP contribution in [0.2, 0.25) is 0 Å². The van der Waals surface area contributed by atoms with E-state index in [4.69, 9.17) is 4.74 Å². The number of halogens is 1. The molecule has 168 valence electrons. The van der Waals surface area contributed by atoms with Crippen molar-refractivity contribution < 1.29 is 4.74 Å². The summed E-state index contributed by atoms with van der Waals surface area (Å²) in [5.41, 5.74) is 4.70. The predicted molar refractivity (Wildman–Crippen MR) is 138 cm³/mol. The molecule has 0 amide bonds. The lowest BCUT2D eigenvalue weighted by Gasteiger charge is -2.14. The number of aryl methyl sites for hydroxylation is 2. The van der Waals surface area contributed by atoms with Crippen LogP contribution in [0.5, 0.6) is 11.5 Å². The SMILES string of the molecule is Cc1cc(C)nc(Nc2ncc(-c3ccc(Br)cc3)n2-c2ccc(Oc3ccccc3)cc2)n1. The van der Waals surface area contributed by atoms with Gasteiger partial charge in [0.25, 0.3) is 0 Å². The van der Waals surface area contributed by atoms with Gasteiger partial charge in [-0.15, -0.1) is 0 Å². The third-order valence-corrected chi connectivity index (χ3v) is 5.71. The van der Waals surface area contributed by atoms with Crippen LogP contribution >= 0.6 is 15.9 Å². The number of benzene rings is 3. The molecule has 0 saturated heterocycles. The molecule has 0 unspecified atom stereocenters. The molecule has 6 nitrogen and oxygen atoms in total. The van der Waals surface area contributed by atoms with E-state index in [9.17, 15) is 0 Å². The molecule has 5 rings (SSSR count). The first-order valence-corrected chi connectivity index (χ1v) is 11.6. The first kappa shape index (κ1) is 21.9. The highest BCUT2D eigenvalue weighted by atomic mass is 79.9. The zero-order chi connectivity index (χ0) is 23.5. The molecule has 0 spiro atoms. The number of aromatic nitrogens is 4. The van der Waals surface area contributed by atoms with E-state index in [0.717, 1.165) is 44.3 Å². The van der Waals surface area contributed by atoms with E-state index in [0.29, 0.717) is 11.9 Å². The van der Waals surface area contributed by atoms with E-state index < -0.39 is 0 Å². The molecule has 2 aromatic heterocycles. The highest BCUT2D eigenvalue weighted by Gasteiger charge is 2.15. The highest BCUT2D eigenvalue weighted by Crippen LogP contribution is 2.31. The Morgan fingerprint density at radius 2 is 1.44 bits per heavy atom. The normalized spacial score (nSPS) is 10.8. The van der Waals surface area contributed by atoms with Gasteiger partial charge in [-0.05, 0) is 68.4 Å². The summed E-state index contributed by atoms with van der Waals surface area (Å²) >= 11 is 3.51. The number of nitrogens with one attached hydrogen (secondary N) is 1. The Kier molecular flexibility index (Phi) is 6.10. The van der Waals surface area contributed by atoms with Gasteiger partial charge >= 0.3 is 0 Å². The van der Waals surface area contributed by atoms with Gasteiger partial charge in [0.15, 0.2) is 0 Å². The molecule has 0 radical (unpaired) electrons. The van der Waals surface area contributed by atoms with Crippen molar-refractivity contribution in [3.63, 3.8) is 0 Å². The zero-order valence-electron chi connectivity index (χ0n) is 18.7. The molecule has 0 aliphatic heterocycles. The maximum absolute atomic E-state index is 5.97. The van der Waals surface area contributed by atoms with Gasteiger partial charge in [-0.25, -0.2) is 15.0 Å². The summed E-state index contributed by atoms with van der Waals surface area (Å²) in [5, 5.41) is 3.30. The van der Waals surface area contributed by atoms with Crippen LogP contribution in [0, 0.1) is 13.8 Å². The highest BCUT2D eigenvalue weighted by molar-refractivity contribution is 9.10. The summed E-state index contributed by atoms with van der Waals surface area (Å²) in [5.74, 6) is 2.69. The Labute approximate surface area is 206 Å². The van der Waals surface area contributed by atoms with Crippen molar-refractivity contribution in [1.29, 1.82) is 0 Å². The standard InChI is InChI=1S/C27H22BrN5O/c1-18-16-19(2)31-26(30-18)32-27-29-17-25(20-8-10-21(28)11-9-20)33(27)22-12-14-24(15-13-22)34-23-6-4-3-5-7-23/h3-17H,1-2H3,(H,29,30,31,32). The number of nitrogens with zero attached hydrogens (tertiary/aromatic N) is 4. The van der Waals surface area contributed by atoms with E-state index in [1.54, 1.807) is 0 Å². The lowest BCUT2D eigenvalue weighted by Crippen LogP contribution is -2.07. The smallest absolute Gasteiger partial charge is 0.229 e. The molecule has 34 heavy (non-hydrogen) atoms. The third kappa shape index (κ3) is 4.84. The van der Waals surface area contributed by atoms with E-state index in [-0.39, 0.29) is 0 Å². The van der Waals surface area contributed by atoms with E-state index >= 15 is 0 Å². The molecular formula is C27H22BrN5O. The van der Waals surface area contributed by atoms with E-state index in [1.807, 2.05) is 92.8 Å². The second-order valence-corrected chi connectivity index (χ2v) is 8.73. The fourth-order valence-electron chi connectivity index (χ4n) is 3.70. The number of rotatable bonds is 6. The van der Waals surface area contributed by atoms with Crippen molar-refractivity contribution in [3.8, 4) is 28.4 Å². The minimum atomic E-state index is 0.510. The van der Waals surface area contributed by atoms with E-state index in [1.165, 1.54) is 0 Å². The number of para-hydroxylation sites is 1. The Morgan fingerprint density at radius 3 is 2.12 bits per heavy atom. The topological polar surface area (TPSA) is 64.9 Å². The van der Waals surface area contributed by atoms with Gasteiger partial charge in [-0.1, -0.05) is 46.3 Å². The molecular weight excluding hydrogens is 490 g/mol. The number of anilines is 2. The average molecular weight is 512 g/mol. The van der Waals surface area contributed by atoms with Crippen molar-refractivity contribution in [2.24, 2.45) is 0 Å². The summed E-state index contributed by atoms with van der Waals surface area (Å²) in [4.78, 5) is 13.7. The first-order chi connectivity index (χ1) is 16.5. The monoisotopic (exact) mass is 511 g/mol. The zero-order valence-corrected chi connectivity index (χ0v) is 20.3. The van der Waals surface area contributed by atoms with Gasteiger partial charge in [-0.3, -0.25) is 9.88 Å². The van der Waals surface area contributed by atoms with Gasteiger partial charge in [-0.2, -0.15) is 0 Å². The summed E-state index contributed by atoms with van der Waals surface area (Å²) in [6.07, 6.45) is 1.85. The molecule has 3 aromatic carbocycles. The maximum atomic E-state index is 5.97. The van der Waals surface area contributed by atoms with Gasteiger partial charge in [0, 0.05) is 27.1 Å². The van der Waals surface area contributed by atoms with Gasteiger partial charge in [0.2, 0.25) is 11.9 Å². The van der Waals surface area contributed by atoms with Crippen molar-refractivity contribution in [2.75, 3.05) is 5.32 Å². The van der Waals surface area contributed by atoms with E-state index in [2.05, 4.69) is 52.9 Å². The minimum absolute atomic E-state index is 0.510. The molecule has 0 aliphatic carbocycles. The van der Waals surface area contributed by atoms with Crippen LogP contribution in [0.4, 0.5) is 11.9 Å². The van der Waals surface area contributed by atoms with Crippen molar-refractivity contribution in [3.05, 3.63) is 107 Å². The number of hydrogen-bond donors (Lipinski definition) is 1. The largest absolute Gasteiger partial charge is 0.457 e. The molecule has 1 N–H and O–H groups in total. The minimum Gasteiger partial charge on any atom is -0.457 e. The Balaban J connectivity index is 1.54. The second kappa shape index (κ2) is 9.49. The van der Waals surface area contributed by atoms with Crippen molar-refractivity contribution >= 4 is 27.8 Å². The van der Waals surface area contributed by atoms with Crippen LogP contribution < -0.4 is 10.1 Å². The first-order valence-electron chi connectivity index (χ1n) is 10.8. The molecule has 0 atom stereocenters. The van der Waals surface area contributed by atoms with Crippen molar-refractivity contribution in [1.82, 2.24) is 19.5 Å². The lowest BCUT2D eigenvalue weighted by atomic mass is 10.1. The molecule has 7 heteroatoms. The van der Waals surface area contributed by atoms with Crippen LogP contribution in [-0.2, 0) is 0 Å².